The lowest BCUT2D eigenvalue weighted by Crippen LogP contribution is -2.31. The highest BCUT2D eigenvalue weighted by atomic mass is 16.5. The smallest absolute Gasteiger partial charge is 0.246 e. The number of nitrogens with zero attached hydrogens (tertiary/aromatic N) is 1. The monoisotopic (exact) mass is 260 g/mol. The number of amides is 1. The first-order chi connectivity index (χ1) is 8.52. The summed E-state index contributed by atoms with van der Waals surface area (Å²) in [6, 6.07) is 0. The summed E-state index contributed by atoms with van der Waals surface area (Å²) in [7, 11) is 3.89. The molecule has 0 aromatic heterocycles. The van der Waals surface area contributed by atoms with Crippen LogP contribution < -0.4 is 5.32 Å². The molecule has 0 bridgehead atoms. The number of hydrogen-bond acceptors (Lipinski definition) is 5. The molecular weight excluding hydrogens is 236 g/mol. The molecule has 0 fully saturated rings. The lowest BCUT2D eigenvalue weighted by Gasteiger charge is -2.10. The Kier molecular flexibility index (Phi) is 10.5. The van der Waals surface area contributed by atoms with E-state index in [-0.39, 0.29) is 18.3 Å². The fraction of sp³-hybridized carbons (Fsp3) is 0.833. The molecule has 1 amide bonds. The zero-order valence-electron chi connectivity index (χ0n) is 11.5. The average Bonchev–Trinajstić information content (AvgIpc) is 2.28. The molecule has 0 unspecified atom stereocenters. The Hall–Kier alpha value is -0.980. The molecule has 1 N–H and O–H groups in total. The Bertz CT molecular complexity index is 244. The van der Waals surface area contributed by atoms with Crippen LogP contribution in [0.4, 0.5) is 0 Å². The Morgan fingerprint density at radius 1 is 1.11 bits per heavy atom. The zero-order chi connectivity index (χ0) is 13.8. The van der Waals surface area contributed by atoms with Crippen LogP contribution in [0.5, 0.6) is 0 Å². The van der Waals surface area contributed by atoms with Crippen LogP contribution in [-0.4, -0.2) is 70.2 Å². The van der Waals surface area contributed by atoms with Crippen molar-refractivity contribution in [1.29, 1.82) is 0 Å². The number of carbonyl (C=O) groups excluding carboxylic acids is 2. The maximum Gasteiger partial charge on any atom is 0.246 e. The van der Waals surface area contributed by atoms with Crippen molar-refractivity contribution in [3.8, 4) is 0 Å². The highest BCUT2D eigenvalue weighted by Crippen LogP contribution is 1.84. The van der Waals surface area contributed by atoms with Crippen molar-refractivity contribution in [2.24, 2.45) is 0 Å². The minimum absolute atomic E-state index is 0.0707. The van der Waals surface area contributed by atoms with E-state index < -0.39 is 0 Å². The number of Topliss-reactive ketones (excluding diaryl/α,β-unsaturated/α-hetero) is 1. The van der Waals surface area contributed by atoms with Gasteiger partial charge < -0.3 is 19.7 Å². The summed E-state index contributed by atoms with van der Waals surface area (Å²) in [6.45, 7) is 4.18. The number of likely N-dealkylation sites (N-methyl/N-ethyl adjacent to an activating group) is 1. The van der Waals surface area contributed by atoms with Gasteiger partial charge in [-0.05, 0) is 21.0 Å². The molecule has 18 heavy (non-hydrogen) atoms. The number of nitrogens with one attached hydrogen (secondary N) is 1. The SMILES string of the molecule is CC(=O)CCOCCNC(=O)COCCN(C)C. The molecule has 0 heterocycles. The molecule has 0 saturated heterocycles. The van der Waals surface area contributed by atoms with Crippen LogP contribution in [0.3, 0.4) is 0 Å². The molecule has 106 valence electrons. The van der Waals surface area contributed by atoms with Crippen molar-refractivity contribution < 1.29 is 19.1 Å². The Labute approximate surface area is 109 Å². The first-order valence-electron chi connectivity index (χ1n) is 6.08. The van der Waals surface area contributed by atoms with Crippen LogP contribution in [0.25, 0.3) is 0 Å². The standard InChI is InChI=1S/C12H24N2O4/c1-11(15)4-7-17-8-5-13-12(16)10-18-9-6-14(2)3/h4-10H2,1-3H3,(H,13,16). The summed E-state index contributed by atoms with van der Waals surface area (Å²) in [5.41, 5.74) is 0. The molecule has 0 radical (unpaired) electrons. The van der Waals surface area contributed by atoms with Gasteiger partial charge in [-0.1, -0.05) is 0 Å². The summed E-state index contributed by atoms with van der Waals surface area (Å²) >= 11 is 0. The van der Waals surface area contributed by atoms with Crippen LogP contribution >= 0.6 is 0 Å². The summed E-state index contributed by atoms with van der Waals surface area (Å²) < 4.78 is 10.3. The molecule has 0 spiro atoms. The number of hydrogen-bond donors (Lipinski definition) is 1. The Morgan fingerprint density at radius 3 is 2.44 bits per heavy atom. The minimum Gasteiger partial charge on any atom is -0.379 e. The highest BCUT2D eigenvalue weighted by molar-refractivity contribution is 5.77. The van der Waals surface area contributed by atoms with Gasteiger partial charge in [0, 0.05) is 19.5 Å². The summed E-state index contributed by atoms with van der Waals surface area (Å²) in [4.78, 5) is 23.9. The van der Waals surface area contributed by atoms with Gasteiger partial charge in [0.05, 0.1) is 19.8 Å². The van der Waals surface area contributed by atoms with Crippen molar-refractivity contribution in [2.45, 2.75) is 13.3 Å². The van der Waals surface area contributed by atoms with E-state index in [9.17, 15) is 9.59 Å². The third kappa shape index (κ3) is 13.1. The van der Waals surface area contributed by atoms with Gasteiger partial charge in [0.1, 0.15) is 12.4 Å². The van der Waals surface area contributed by atoms with Gasteiger partial charge in [-0.2, -0.15) is 0 Å². The molecule has 0 aromatic carbocycles. The number of carbonyl (C=O) groups is 2. The first kappa shape index (κ1) is 17.0. The maximum absolute atomic E-state index is 11.3. The van der Waals surface area contributed by atoms with Gasteiger partial charge >= 0.3 is 0 Å². The van der Waals surface area contributed by atoms with Gasteiger partial charge in [0.2, 0.25) is 5.91 Å². The molecule has 0 rings (SSSR count). The first-order valence-corrected chi connectivity index (χ1v) is 6.08. The maximum atomic E-state index is 11.3. The topological polar surface area (TPSA) is 67.9 Å². The fourth-order valence-electron chi connectivity index (χ4n) is 1.04. The third-order valence-corrected chi connectivity index (χ3v) is 2.08. The lowest BCUT2D eigenvalue weighted by molar-refractivity contribution is -0.126. The normalized spacial score (nSPS) is 10.7. The van der Waals surface area contributed by atoms with Crippen molar-refractivity contribution in [3.63, 3.8) is 0 Å². The van der Waals surface area contributed by atoms with E-state index in [0.717, 1.165) is 6.54 Å². The fourth-order valence-corrected chi connectivity index (χ4v) is 1.04. The van der Waals surface area contributed by atoms with Crippen LogP contribution in [0.2, 0.25) is 0 Å². The van der Waals surface area contributed by atoms with Crippen LogP contribution in [0.15, 0.2) is 0 Å². The van der Waals surface area contributed by atoms with Crippen molar-refractivity contribution in [2.75, 3.05) is 53.6 Å². The van der Waals surface area contributed by atoms with E-state index in [4.69, 9.17) is 9.47 Å². The van der Waals surface area contributed by atoms with E-state index >= 15 is 0 Å². The van der Waals surface area contributed by atoms with E-state index in [1.165, 1.54) is 6.92 Å². The second-order valence-electron chi connectivity index (χ2n) is 4.27. The van der Waals surface area contributed by atoms with Crippen molar-refractivity contribution >= 4 is 11.7 Å². The van der Waals surface area contributed by atoms with Gasteiger partial charge in [0.15, 0.2) is 0 Å². The second kappa shape index (κ2) is 11.1. The van der Waals surface area contributed by atoms with E-state index in [1.807, 2.05) is 19.0 Å². The van der Waals surface area contributed by atoms with Gasteiger partial charge in [-0.25, -0.2) is 0 Å². The molecule has 0 aliphatic heterocycles. The summed E-state index contributed by atoms with van der Waals surface area (Å²) in [6.07, 6.45) is 0.418. The summed E-state index contributed by atoms with van der Waals surface area (Å²) in [5, 5.41) is 2.67. The lowest BCUT2D eigenvalue weighted by atomic mass is 10.3. The molecule has 6 heteroatoms. The van der Waals surface area contributed by atoms with E-state index in [1.54, 1.807) is 0 Å². The predicted octanol–water partition coefficient (Wildman–Crippen LogP) is -0.323. The average molecular weight is 260 g/mol. The van der Waals surface area contributed by atoms with E-state index in [2.05, 4.69) is 5.32 Å². The predicted molar refractivity (Wildman–Crippen MR) is 68.5 cm³/mol. The number of ketones is 1. The molecular formula is C12H24N2O4. The zero-order valence-corrected chi connectivity index (χ0v) is 11.5. The van der Waals surface area contributed by atoms with Crippen molar-refractivity contribution in [1.82, 2.24) is 10.2 Å². The van der Waals surface area contributed by atoms with Gasteiger partial charge in [-0.15, -0.1) is 0 Å². The van der Waals surface area contributed by atoms with Crippen LogP contribution in [0, 0.1) is 0 Å². The minimum atomic E-state index is -0.149. The molecule has 6 nitrogen and oxygen atoms in total. The Morgan fingerprint density at radius 2 is 1.83 bits per heavy atom. The highest BCUT2D eigenvalue weighted by Gasteiger charge is 2.01. The van der Waals surface area contributed by atoms with Crippen LogP contribution in [-0.2, 0) is 19.1 Å². The van der Waals surface area contributed by atoms with Crippen LogP contribution in [0.1, 0.15) is 13.3 Å². The van der Waals surface area contributed by atoms with Crippen molar-refractivity contribution in [3.05, 3.63) is 0 Å². The molecule has 0 aliphatic carbocycles. The number of ether oxygens (including phenoxy) is 2. The molecule has 0 atom stereocenters. The molecule has 0 aromatic rings. The van der Waals surface area contributed by atoms with Gasteiger partial charge in [0.25, 0.3) is 0 Å². The quantitative estimate of drug-likeness (QED) is 0.516. The second-order valence-corrected chi connectivity index (χ2v) is 4.27. The largest absolute Gasteiger partial charge is 0.379 e. The van der Waals surface area contributed by atoms with Gasteiger partial charge in [-0.3, -0.25) is 9.59 Å². The molecule has 0 aliphatic rings. The van der Waals surface area contributed by atoms with E-state index in [0.29, 0.717) is 32.8 Å². The third-order valence-electron chi connectivity index (χ3n) is 2.08. The Balaban J connectivity index is 3.24. The summed E-state index contributed by atoms with van der Waals surface area (Å²) in [5.74, 6) is -0.0442. The molecule has 0 saturated carbocycles. The number of rotatable bonds is 11.